The van der Waals surface area contributed by atoms with Gasteiger partial charge in [-0.15, -0.1) is 0 Å². The lowest BCUT2D eigenvalue weighted by atomic mass is 9.91. The molecule has 19 heavy (non-hydrogen) atoms. The van der Waals surface area contributed by atoms with Crippen molar-refractivity contribution < 1.29 is 4.42 Å². The predicted octanol–water partition coefficient (Wildman–Crippen LogP) is 3.35. The van der Waals surface area contributed by atoms with Crippen LogP contribution in [0.2, 0.25) is 0 Å². The number of nitrogens with two attached hydrogens (primary N) is 1. The van der Waals surface area contributed by atoms with Crippen LogP contribution in [0.1, 0.15) is 44.4 Å². The molecular weight excluding hydrogens is 236 g/mol. The Morgan fingerprint density at radius 3 is 2.68 bits per heavy atom. The van der Waals surface area contributed by atoms with Crippen molar-refractivity contribution in [2.45, 2.75) is 50.7 Å². The zero-order valence-electron chi connectivity index (χ0n) is 11.4. The number of furan rings is 1. The van der Waals surface area contributed by atoms with E-state index in [9.17, 15) is 0 Å². The van der Waals surface area contributed by atoms with Crippen molar-refractivity contribution in [2.24, 2.45) is 5.73 Å². The molecule has 1 aliphatic carbocycles. The van der Waals surface area contributed by atoms with Crippen LogP contribution in [-0.2, 0) is 0 Å². The maximum Gasteiger partial charge on any atom is 0.134 e. The molecular formula is C16H22N2O. The molecule has 3 rings (SSSR count). The Labute approximate surface area is 114 Å². The second-order valence-electron chi connectivity index (χ2n) is 5.69. The third-order valence-electron chi connectivity index (χ3n) is 4.13. The number of benzene rings is 1. The van der Waals surface area contributed by atoms with Gasteiger partial charge in [0.2, 0.25) is 0 Å². The molecule has 1 aromatic carbocycles. The minimum atomic E-state index is 0.256. The highest BCUT2D eigenvalue weighted by molar-refractivity contribution is 5.77. The van der Waals surface area contributed by atoms with Gasteiger partial charge in [-0.05, 0) is 44.7 Å². The van der Waals surface area contributed by atoms with Crippen LogP contribution in [0.15, 0.2) is 34.7 Å². The Hall–Kier alpha value is -1.32. The van der Waals surface area contributed by atoms with E-state index >= 15 is 0 Å². The fraction of sp³-hybridized carbons (Fsp3) is 0.500. The van der Waals surface area contributed by atoms with Crippen LogP contribution in [0.5, 0.6) is 0 Å². The molecule has 1 unspecified atom stereocenters. The van der Waals surface area contributed by atoms with E-state index in [1.807, 2.05) is 18.2 Å². The number of para-hydroxylation sites is 1. The highest BCUT2D eigenvalue weighted by Gasteiger charge is 2.21. The molecule has 0 amide bonds. The number of nitrogens with one attached hydrogen (secondary N) is 1. The van der Waals surface area contributed by atoms with Gasteiger partial charge in [-0.3, -0.25) is 0 Å². The average Bonchev–Trinajstić information content (AvgIpc) is 2.85. The molecule has 1 heterocycles. The lowest BCUT2D eigenvalue weighted by molar-refractivity contribution is 0.308. The molecule has 0 saturated heterocycles. The van der Waals surface area contributed by atoms with Gasteiger partial charge in [0, 0.05) is 17.5 Å². The summed E-state index contributed by atoms with van der Waals surface area (Å²) in [7, 11) is 0. The first-order valence-corrected chi connectivity index (χ1v) is 7.22. The summed E-state index contributed by atoms with van der Waals surface area (Å²) in [6, 6.07) is 11.5. The van der Waals surface area contributed by atoms with Gasteiger partial charge in [0.15, 0.2) is 0 Å². The van der Waals surface area contributed by atoms with Crippen LogP contribution in [0.3, 0.4) is 0 Å². The molecule has 3 heteroatoms. The Morgan fingerprint density at radius 1 is 1.21 bits per heavy atom. The Morgan fingerprint density at radius 2 is 1.95 bits per heavy atom. The molecule has 1 fully saturated rings. The largest absolute Gasteiger partial charge is 0.459 e. The molecule has 0 spiro atoms. The van der Waals surface area contributed by atoms with Crippen LogP contribution in [0, 0.1) is 0 Å². The number of hydrogen-bond donors (Lipinski definition) is 2. The second-order valence-corrected chi connectivity index (χ2v) is 5.69. The molecule has 2 aromatic rings. The van der Waals surface area contributed by atoms with Gasteiger partial charge in [0.25, 0.3) is 0 Å². The van der Waals surface area contributed by atoms with Gasteiger partial charge in [0.1, 0.15) is 11.3 Å². The first-order chi connectivity index (χ1) is 9.22. The van der Waals surface area contributed by atoms with E-state index < -0.39 is 0 Å². The van der Waals surface area contributed by atoms with E-state index in [2.05, 4.69) is 24.4 Å². The van der Waals surface area contributed by atoms with Crippen molar-refractivity contribution in [3.05, 3.63) is 36.1 Å². The Kier molecular flexibility index (Phi) is 3.58. The van der Waals surface area contributed by atoms with E-state index in [4.69, 9.17) is 10.2 Å². The van der Waals surface area contributed by atoms with E-state index in [0.29, 0.717) is 12.1 Å². The maximum absolute atomic E-state index is 5.94. The third-order valence-corrected chi connectivity index (χ3v) is 4.13. The van der Waals surface area contributed by atoms with Crippen LogP contribution in [0.4, 0.5) is 0 Å². The van der Waals surface area contributed by atoms with Crippen molar-refractivity contribution in [3.8, 4) is 0 Å². The number of hydrogen-bond acceptors (Lipinski definition) is 3. The Bertz CT molecular complexity index is 507. The second kappa shape index (κ2) is 5.35. The van der Waals surface area contributed by atoms with E-state index in [1.54, 1.807) is 0 Å². The minimum absolute atomic E-state index is 0.256. The van der Waals surface area contributed by atoms with Gasteiger partial charge in [0.05, 0.1) is 6.04 Å². The molecule has 1 aliphatic rings. The summed E-state index contributed by atoms with van der Waals surface area (Å²) in [6.07, 6.45) is 4.60. The molecule has 3 N–H and O–H groups in total. The van der Waals surface area contributed by atoms with E-state index in [0.717, 1.165) is 24.2 Å². The summed E-state index contributed by atoms with van der Waals surface area (Å²) in [5.74, 6) is 1.02. The average molecular weight is 258 g/mol. The zero-order valence-corrected chi connectivity index (χ0v) is 11.4. The number of fused-ring (bicyclic) bond motifs is 1. The van der Waals surface area contributed by atoms with Crippen molar-refractivity contribution in [3.63, 3.8) is 0 Å². The van der Waals surface area contributed by atoms with Gasteiger partial charge < -0.3 is 15.5 Å². The molecule has 3 nitrogen and oxygen atoms in total. The van der Waals surface area contributed by atoms with Crippen LogP contribution in [0.25, 0.3) is 11.0 Å². The summed E-state index contributed by atoms with van der Waals surface area (Å²) >= 11 is 0. The summed E-state index contributed by atoms with van der Waals surface area (Å²) in [6.45, 7) is 2.17. The highest BCUT2D eigenvalue weighted by Crippen LogP contribution is 2.25. The lowest BCUT2D eigenvalue weighted by Crippen LogP contribution is -2.38. The Balaban J connectivity index is 1.68. The predicted molar refractivity (Wildman–Crippen MR) is 78.0 cm³/mol. The normalized spacial score (nSPS) is 25.6. The van der Waals surface area contributed by atoms with Crippen LogP contribution >= 0.6 is 0 Å². The van der Waals surface area contributed by atoms with Crippen LogP contribution < -0.4 is 11.1 Å². The maximum atomic E-state index is 5.94. The van der Waals surface area contributed by atoms with Crippen molar-refractivity contribution in [1.82, 2.24) is 5.32 Å². The monoisotopic (exact) mass is 258 g/mol. The summed E-state index contributed by atoms with van der Waals surface area (Å²) < 4.78 is 5.91. The van der Waals surface area contributed by atoms with Gasteiger partial charge >= 0.3 is 0 Å². The number of rotatable bonds is 3. The summed E-state index contributed by atoms with van der Waals surface area (Å²) in [5, 5.41) is 4.84. The quantitative estimate of drug-likeness (QED) is 0.887. The topological polar surface area (TPSA) is 51.2 Å². The first-order valence-electron chi connectivity index (χ1n) is 7.22. The smallest absolute Gasteiger partial charge is 0.134 e. The van der Waals surface area contributed by atoms with Crippen molar-refractivity contribution in [1.29, 1.82) is 0 Å². The third kappa shape index (κ3) is 2.82. The highest BCUT2D eigenvalue weighted by atomic mass is 16.3. The molecule has 1 aromatic heterocycles. The van der Waals surface area contributed by atoms with Gasteiger partial charge in [-0.25, -0.2) is 0 Å². The van der Waals surface area contributed by atoms with Gasteiger partial charge in [-0.1, -0.05) is 18.2 Å². The molecule has 1 atom stereocenters. The lowest BCUT2D eigenvalue weighted by Gasteiger charge is -2.28. The molecule has 0 bridgehead atoms. The standard InChI is InChI=1S/C16H22N2O/c1-11(18-14-8-6-13(17)7-9-14)16-10-12-4-2-3-5-15(12)19-16/h2-5,10-11,13-14,18H,6-9,17H2,1H3. The first kappa shape index (κ1) is 12.7. The van der Waals surface area contributed by atoms with E-state index in [1.165, 1.54) is 18.2 Å². The fourth-order valence-electron chi connectivity index (χ4n) is 2.94. The summed E-state index contributed by atoms with van der Waals surface area (Å²) in [4.78, 5) is 0. The molecule has 0 aliphatic heterocycles. The molecule has 1 saturated carbocycles. The zero-order chi connectivity index (χ0) is 13.2. The summed E-state index contributed by atoms with van der Waals surface area (Å²) in [5.41, 5.74) is 6.91. The fourth-order valence-corrected chi connectivity index (χ4v) is 2.94. The van der Waals surface area contributed by atoms with Gasteiger partial charge in [-0.2, -0.15) is 0 Å². The SMILES string of the molecule is CC(NC1CCC(N)CC1)c1cc2ccccc2o1. The van der Waals surface area contributed by atoms with Crippen molar-refractivity contribution >= 4 is 11.0 Å². The van der Waals surface area contributed by atoms with Crippen molar-refractivity contribution in [2.75, 3.05) is 0 Å². The molecule has 102 valence electrons. The molecule has 0 radical (unpaired) electrons. The van der Waals surface area contributed by atoms with Crippen LogP contribution in [-0.4, -0.2) is 12.1 Å². The minimum Gasteiger partial charge on any atom is -0.459 e. The van der Waals surface area contributed by atoms with E-state index in [-0.39, 0.29) is 6.04 Å².